The molecule has 2 aromatic carbocycles. The van der Waals surface area contributed by atoms with Crippen LogP contribution >= 0.6 is 11.6 Å². The minimum atomic E-state index is -0.131. The first-order valence-corrected chi connectivity index (χ1v) is 9.77. The molecule has 0 atom stereocenters. The van der Waals surface area contributed by atoms with Gasteiger partial charge in [-0.1, -0.05) is 23.7 Å². The molecule has 0 aliphatic heterocycles. The molecule has 0 spiro atoms. The zero-order chi connectivity index (χ0) is 19.3. The van der Waals surface area contributed by atoms with Gasteiger partial charge in [-0.3, -0.25) is 9.78 Å². The van der Waals surface area contributed by atoms with Crippen LogP contribution in [-0.2, 0) is 24.2 Å². The summed E-state index contributed by atoms with van der Waals surface area (Å²) < 4.78 is 5.82. The molecule has 0 saturated carbocycles. The molecule has 4 nitrogen and oxygen atoms in total. The number of carbonyl (C=O) groups is 1. The standard InChI is InChI=1S/C23H21ClN2O2/c24-19-8-10-21(11-9-19)26(15-20-6-1-2-13-25-20)23(27)16-28-22-12-7-17-4-3-5-18(17)14-22/h1-2,6-14H,3-5,15-16H2. The van der Waals surface area contributed by atoms with Gasteiger partial charge in [0.15, 0.2) is 6.61 Å². The smallest absolute Gasteiger partial charge is 0.265 e. The van der Waals surface area contributed by atoms with E-state index in [1.54, 1.807) is 23.2 Å². The second kappa shape index (κ2) is 8.44. The van der Waals surface area contributed by atoms with E-state index in [1.165, 1.54) is 17.5 Å². The van der Waals surface area contributed by atoms with E-state index in [-0.39, 0.29) is 12.5 Å². The Balaban J connectivity index is 1.50. The molecule has 28 heavy (non-hydrogen) atoms. The van der Waals surface area contributed by atoms with E-state index in [4.69, 9.17) is 16.3 Å². The van der Waals surface area contributed by atoms with Crippen LogP contribution in [0.1, 0.15) is 23.2 Å². The van der Waals surface area contributed by atoms with E-state index < -0.39 is 0 Å². The Morgan fingerprint density at radius 2 is 1.86 bits per heavy atom. The Labute approximate surface area is 169 Å². The van der Waals surface area contributed by atoms with Gasteiger partial charge >= 0.3 is 0 Å². The molecule has 1 aromatic heterocycles. The molecule has 3 aromatic rings. The maximum atomic E-state index is 13.0. The molecule has 5 heteroatoms. The van der Waals surface area contributed by atoms with Crippen molar-refractivity contribution >= 4 is 23.2 Å². The van der Waals surface area contributed by atoms with Gasteiger partial charge < -0.3 is 9.64 Å². The van der Waals surface area contributed by atoms with Gasteiger partial charge in [0, 0.05) is 16.9 Å². The highest BCUT2D eigenvalue weighted by Crippen LogP contribution is 2.26. The number of fused-ring (bicyclic) bond motifs is 1. The summed E-state index contributed by atoms with van der Waals surface area (Å²) in [4.78, 5) is 19.0. The van der Waals surface area contributed by atoms with Crippen molar-refractivity contribution in [2.75, 3.05) is 11.5 Å². The summed E-state index contributed by atoms with van der Waals surface area (Å²) >= 11 is 6.00. The number of halogens is 1. The fourth-order valence-corrected chi connectivity index (χ4v) is 3.59. The summed E-state index contributed by atoms with van der Waals surface area (Å²) in [6, 6.07) is 19.0. The average molecular weight is 393 g/mol. The van der Waals surface area contributed by atoms with E-state index in [9.17, 15) is 4.79 Å². The van der Waals surface area contributed by atoms with Crippen molar-refractivity contribution in [1.82, 2.24) is 4.98 Å². The van der Waals surface area contributed by atoms with Crippen molar-refractivity contribution in [3.63, 3.8) is 0 Å². The second-order valence-corrected chi connectivity index (χ2v) is 7.29. The van der Waals surface area contributed by atoms with Gasteiger partial charge in [0.25, 0.3) is 5.91 Å². The molecule has 0 radical (unpaired) electrons. The zero-order valence-corrected chi connectivity index (χ0v) is 16.2. The van der Waals surface area contributed by atoms with Crippen molar-refractivity contribution in [3.05, 3.63) is 88.7 Å². The quantitative estimate of drug-likeness (QED) is 0.603. The molecule has 1 aliphatic carbocycles. The number of nitrogens with zero attached hydrogens (tertiary/aromatic N) is 2. The number of benzene rings is 2. The van der Waals surface area contributed by atoms with Crippen LogP contribution in [0.25, 0.3) is 0 Å². The van der Waals surface area contributed by atoms with Crippen LogP contribution in [0.4, 0.5) is 5.69 Å². The van der Waals surface area contributed by atoms with Crippen LogP contribution in [0.2, 0.25) is 5.02 Å². The molecular formula is C23H21ClN2O2. The first-order chi connectivity index (χ1) is 13.7. The van der Waals surface area contributed by atoms with Crippen molar-refractivity contribution in [2.24, 2.45) is 0 Å². The lowest BCUT2D eigenvalue weighted by Gasteiger charge is -2.23. The average Bonchev–Trinajstić information content (AvgIpc) is 3.20. The first-order valence-electron chi connectivity index (χ1n) is 9.39. The molecule has 1 aliphatic rings. The largest absolute Gasteiger partial charge is 0.484 e. The van der Waals surface area contributed by atoms with Gasteiger partial charge in [0.1, 0.15) is 5.75 Å². The predicted octanol–water partition coefficient (Wildman–Crippen LogP) is 4.84. The number of aromatic nitrogens is 1. The summed E-state index contributed by atoms with van der Waals surface area (Å²) in [5, 5.41) is 0.628. The molecule has 0 unspecified atom stereocenters. The Morgan fingerprint density at radius 1 is 1.04 bits per heavy atom. The summed E-state index contributed by atoms with van der Waals surface area (Å²) in [6.07, 6.45) is 5.12. The molecular weight excluding hydrogens is 372 g/mol. The third-order valence-corrected chi connectivity index (χ3v) is 5.17. The molecule has 1 amide bonds. The molecule has 0 saturated heterocycles. The summed E-state index contributed by atoms with van der Waals surface area (Å²) in [6.45, 7) is 0.336. The van der Waals surface area contributed by atoms with E-state index in [0.717, 1.165) is 30.0 Å². The fraction of sp³-hybridized carbons (Fsp3) is 0.217. The van der Waals surface area contributed by atoms with Gasteiger partial charge in [0.05, 0.1) is 12.2 Å². The van der Waals surface area contributed by atoms with Crippen molar-refractivity contribution in [2.45, 2.75) is 25.8 Å². The van der Waals surface area contributed by atoms with Crippen molar-refractivity contribution < 1.29 is 9.53 Å². The van der Waals surface area contributed by atoms with E-state index in [1.807, 2.05) is 36.4 Å². The Hall–Kier alpha value is -2.85. The highest BCUT2D eigenvalue weighted by Gasteiger charge is 2.18. The van der Waals surface area contributed by atoms with Crippen molar-refractivity contribution in [1.29, 1.82) is 0 Å². The number of rotatable bonds is 6. The minimum Gasteiger partial charge on any atom is -0.484 e. The highest BCUT2D eigenvalue weighted by molar-refractivity contribution is 6.30. The number of carbonyl (C=O) groups excluding carboxylic acids is 1. The molecule has 1 heterocycles. The molecule has 4 rings (SSSR count). The zero-order valence-electron chi connectivity index (χ0n) is 15.5. The lowest BCUT2D eigenvalue weighted by Crippen LogP contribution is -2.34. The fourth-order valence-electron chi connectivity index (χ4n) is 3.46. The number of hydrogen-bond donors (Lipinski definition) is 0. The van der Waals surface area contributed by atoms with Crippen LogP contribution in [-0.4, -0.2) is 17.5 Å². The Kier molecular flexibility index (Phi) is 5.58. The monoisotopic (exact) mass is 392 g/mol. The summed E-state index contributed by atoms with van der Waals surface area (Å²) in [7, 11) is 0. The lowest BCUT2D eigenvalue weighted by molar-refractivity contribution is -0.120. The molecule has 0 fully saturated rings. The SMILES string of the molecule is O=C(COc1ccc2c(c1)CCC2)N(Cc1ccccn1)c1ccc(Cl)cc1. The summed E-state index contributed by atoms with van der Waals surface area (Å²) in [5.41, 5.74) is 4.28. The second-order valence-electron chi connectivity index (χ2n) is 6.85. The Morgan fingerprint density at radius 3 is 2.64 bits per heavy atom. The van der Waals surface area contributed by atoms with Gasteiger partial charge in [-0.25, -0.2) is 0 Å². The molecule has 142 valence electrons. The van der Waals surface area contributed by atoms with Crippen molar-refractivity contribution in [3.8, 4) is 5.75 Å². The van der Waals surface area contributed by atoms with Gasteiger partial charge in [0.2, 0.25) is 0 Å². The topological polar surface area (TPSA) is 42.4 Å². The van der Waals surface area contributed by atoms with Crippen LogP contribution in [0.3, 0.4) is 0 Å². The molecule has 0 N–H and O–H groups in total. The van der Waals surface area contributed by atoms with Crippen LogP contribution in [0, 0.1) is 0 Å². The van der Waals surface area contributed by atoms with E-state index in [0.29, 0.717) is 11.6 Å². The molecule has 0 bridgehead atoms. The third-order valence-electron chi connectivity index (χ3n) is 4.92. The third kappa shape index (κ3) is 4.34. The number of pyridine rings is 1. The van der Waals surface area contributed by atoms with Gasteiger partial charge in [-0.2, -0.15) is 0 Å². The number of hydrogen-bond acceptors (Lipinski definition) is 3. The van der Waals surface area contributed by atoms with Crippen LogP contribution in [0.5, 0.6) is 5.75 Å². The van der Waals surface area contributed by atoms with Gasteiger partial charge in [-0.15, -0.1) is 0 Å². The van der Waals surface area contributed by atoms with E-state index >= 15 is 0 Å². The normalized spacial score (nSPS) is 12.5. The highest BCUT2D eigenvalue weighted by atomic mass is 35.5. The minimum absolute atomic E-state index is 0.0335. The number of amides is 1. The maximum Gasteiger partial charge on any atom is 0.265 e. The number of aryl methyl sites for hydroxylation is 2. The van der Waals surface area contributed by atoms with Crippen LogP contribution in [0.15, 0.2) is 66.9 Å². The summed E-state index contributed by atoms with van der Waals surface area (Å²) in [5.74, 6) is 0.608. The number of anilines is 1. The van der Waals surface area contributed by atoms with Gasteiger partial charge in [-0.05, 0) is 78.9 Å². The Bertz CT molecular complexity index is 958. The van der Waals surface area contributed by atoms with Crippen LogP contribution < -0.4 is 9.64 Å². The first kappa shape index (κ1) is 18.5. The predicted molar refractivity (Wildman–Crippen MR) is 111 cm³/mol. The lowest BCUT2D eigenvalue weighted by atomic mass is 10.1. The number of ether oxygens (including phenoxy) is 1. The van der Waals surface area contributed by atoms with E-state index in [2.05, 4.69) is 17.1 Å². The maximum absolute atomic E-state index is 13.0.